The number of unbranched alkanes of at least 4 members (excludes halogenated alkanes) is 4. The van der Waals surface area contributed by atoms with Gasteiger partial charge < -0.3 is 21.3 Å². The first-order valence-corrected chi connectivity index (χ1v) is 9.32. The fourth-order valence-electron chi connectivity index (χ4n) is 3.42. The van der Waals surface area contributed by atoms with Crippen molar-refractivity contribution in [2.45, 2.75) is 44.9 Å². The van der Waals surface area contributed by atoms with Crippen molar-refractivity contribution in [2.24, 2.45) is 21.5 Å². The molecule has 2 aliphatic rings. The standard InChI is InChI=1S/C17H34N6/c18-8-12-22-14-10-20-16(22)6-4-2-1-3-5-7-17-21-11-15-23(17)13-9-19/h1-15,18-19H2. The Morgan fingerprint density at radius 1 is 0.696 bits per heavy atom. The molecule has 0 amide bonds. The van der Waals surface area contributed by atoms with Crippen LogP contribution >= 0.6 is 0 Å². The van der Waals surface area contributed by atoms with Gasteiger partial charge in [-0.2, -0.15) is 0 Å². The van der Waals surface area contributed by atoms with E-state index in [1.165, 1.54) is 43.8 Å². The van der Waals surface area contributed by atoms with Crippen molar-refractivity contribution in [1.29, 1.82) is 0 Å². The highest BCUT2D eigenvalue weighted by Crippen LogP contribution is 2.13. The number of nitrogens with zero attached hydrogens (tertiary/aromatic N) is 4. The summed E-state index contributed by atoms with van der Waals surface area (Å²) in [4.78, 5) is 13.9. The molecule has 2 aliphatic heterocycles. The Morgan fingerprint density at radius 2 is 1.13 bits per heavy atom. The maximum Gasteiger partial charge on any atom is 0.0990 e. The zero-order valence-corrected chi connectivity index (χ0v) is 14.6. The van der Waals surface area contributed by atoms with E-state index in [1.54, 1.807) is 0 Å². The Hall–Kier alpha value is -1.14. The van der Waals surface area contributed by atoms with E-state index in [9.17, 15) is 0 Å². The van der Waals surface area contributed by atoms with E-state index < -0.39 is 0 Å². The summed E-state index contributed by atoms with van der Waals surface area (Å²) in [7, 11) is 0. The van der Waals surface area contributed by atoms with E-state index in [2.05, 4.69) is 19.8 Å². The first kappa shape index (κ1) is 18.2. The molecule has 0 saturated carbocycles. The van der Waals surface area contributed by atoms with Crippen LogP contribution in [0.4, 0.5) is 0 Å². The number of rotatable bonds is 12. The monoisotopic (exact) mass is 322 g/mol. The Bertz CT molecular complexity index is 357. The van der Waals surface area contributed by atoms with Crippen molar-refractivity contribution in [3.05, 3.63) is 0 Å². The van der Waals surface area contributed by atoms with Gasteiger partial charge in [-0.15, -0.1) is 0 Å². The van der Waals surface area contributed by atoms with Crippen LogP contribution in [0.15, 0.2) is 9.98 Å². The molecule has 132 valence electrons. The van der Waals surface area contributed by atoms with Crippen LogP contribution in [-0.2, 0) is 0 Å². The molecule has 0 bridgehead atoms. The van der Waals surface area contributed by atoms with Gasteiger partial charge in [-0.3, -0.25) is 9.98 Å². The van der Waals surface area contributed by atoms with Gasteiger partial charge in [0, 0.05) is 52.1 Å². The second-order valence-corrected chi connectivity index (χ2v) is 6.42. The van der Waals surface area contributed by atoms with E-state index in [4.69, 9.17) is 11.5 Å². The zero-order valence-electron chi connectivity index (χ0n) is 14.6. The van der Waals surface area contributed by atoms with E-state index in [-0.39, 0.29) is 0 Å². The van der Waals surface area contributed by atoms with Crippen LogP contribution in [0.3, 0.4) is 0 Å². The maximum atomic E-state index is 5.64. The molecule has 0 atom stereocenters. The van der Waals surface area contributed by atoms with Crippen molar-refractivity contribution >= 4 is 11.7 Å². The van der Waals surface area contributed by atoms with E-state index in [0.717, 1.165) is 65.2 Å². The van der Waals surface area contributed by atoms with Crippen LogP contribution < -0.4 is 11.5 Å². The first-order chi connectivity index (χ1) is 11.3. The molecule has 0 spiro atoms. The smallest absolute Gasteiger partial charge is 0.0990 e. The Morgan fingerprint density at radius 3 is 1.57 bits per heavy atom. The summed E-state index contributed by atoms with van der Waals surface area (Å²) in [6.45, 7) is 7.41. The molecule has 6 nitrogen and oxygen atoms in total. The molecular weight excluding hydrogens is 288 g/mol. The molecule has 0 saturated heterocycles. The van der Waals surface area contributed by atoms with Gasteiger partial charge in [-0.1, -0.05) is 19.3 Å². The minimum Gasteiger partial charge on any atom is -0.357 e. The normalized spacial score (nSPS) is 17.8. The maximum absolute atomic E-state index is 5.64. The third kappa shape index (κ3) is 6.11. The van der Waals surface area contributed by atoms with Gasteiger partial charge in [0.1, 0.15) is 0 Å². The number of hydrogen-bond acceptors (Lipinski definition) is 6. The largest absolute Gasteiger partial charge is 0.357 e. The van der Waals surface area contributed by atoms with Crippen LogP contribution in [0.5, 0.6) is 0 Å². The summed E-state index contributed by atoms with van der Waals surface area (Å²) in [6.07, 6.45) is 8.66. The minimum atomic E-state index is 0.726. The number of aliphatic imine (C=N–C) groups is 2. The highest BCUT2D eigenvalue weighted by atomic mass is 15.2. The van der Waals surface area contributed by atoms with Gasteiger partial charge in [-0.25, -0.2) is 0 Å². The molecular formula is C17H34N6. The Kier molecular flexibility index (Phi) is 8.39. The van der Waals surface area contributed by atoms with Gasteiger partial charge in [0.15, 0.2) is 0 Å². The summed E-state index contributed by atoms with van der Waals surface area (Å²) in [5.74, 6) is 2.57. The van der Waals surface area contributed by atoms with Crippen LogP contribution in [0, 0.1) is 0 Å². The lowest BCUT2D eigenvalue weighted by Gasteiger charge is -2.19. The first-order valence-electron chi connectivity index (χ1n) is 9.32. The Balaban J connectivity index is 1.48. The lowest BCUT2D eigenvalue weighted by molar-refractivity contribution is 0.453. The molecule has 0 aromatic rings. The van der Waals surface area contributed by atoms with Crippen molar-refractivity contribution in [3.8, 4) is 0 Å². The lowest BCUT2D eigenvalue weighted by atomic mass is 10.1. The highest BCUT2D eigenvalue weighted by Gasteiger charge is 2.16. The summed E-state index contributed by atoms with van der Waals surface area (Å²) in [6, 6.07) is 0. The van der Waals surface area contributed by atoms with E-state index in [1.807, 2.05) is 0 Å². The molecule has 0 unspecified atom stereocenters. The van der Waals surface area contributed by atoms with E-state index in [0.29, 0.717) is 0 Å². The Labute approximate surface area is 141 Å². The predicted octanol–water partition coefficient (Wildman–Crippen LogP) is 1.06. The lowest BCUT2D eigenvalue weighted by Crippen LogP contribution is -2.32. The summed E-state index contributed by atoms with van der Waals surface area (Å²) >= 11 is 0. The number of hydrogen-bond donors (Lipinski definition) is 2. The third-order valence-electron chi connectivity index (χ3n) is 4.66. The third-order valence-corrected chi connectivity index (χ3v) is 4.66. The van der Waals surface area contributed by atoms with Crippen LogP contribution in [0.1, 0.15) is 44.9 Å². The van der Waals surface area contributed by atoms with Crippen LogP contribution in [0.25, 0.3) is 0 Å². The molecule has 4 N–H and O–H groups in total. The fraction of sp³-hybridized carbons (Fsp3) is 0.882. The molecule has 6 heteroatoms. The summed E-state index contributed by atoms with van der Waals surface area (Å²) in [5, 5.41) is 0. The second kappa shape index (κ2) is 10.6. The van der Waals surface area contributed by atoms with Crippen molar-refractivity contribution in [2.75, 3.05) is 52.4 Å². The zero-order chi connectivity index (χ0) is 16.3. The molecule has 0 aromatic heterocycles. The molecule has 2 rings (SSSR count). The van der Waals surface area contributed by atoms with Gasteiger partial charge in [0.2, 0.25) is 0 Å². The number of amidine groups is 2. The molecule has 0 aliphatic carbocycles. The minimum absolute atomic E-state index is 0.726. The van der Waals surface area contributed by atoms with Crippen LogP contribution in [-0.4, -0.2) is 73.8 Å². The van der Waals surface area contributed by atoms with Crippen LogP contribution in [0.2, 0.25) is 0 Å². The topological polar surface area (TPSA) is 83.2 Å². The molecule has 2 heterocycles. The highest BCUT2D eigenvalue weighted by molar-refractivity contribution is 5.84. The fourth-order valence-corrected chi connectivity index (χ4v) is 3.42. The molecule has 23 heavy (non-hydrogen) atoms. The van der Waals surface area contributed by atoms with Gasteiger partial charge >= 0.3 is 0 Å². The second-order valence-electron chi connectivity index (χ2n) is 6.42. The van der Waals surface area contributed by atoms with Gasteiger partial charge in [-0.05, 0) is 12.8 Å². The SMILES string of the molecule is NCCN1CCN=C1CCCCCCCC1=NCCN1CCN. The van der Waals surface area contributed by atoms with Crippen molar-refractivity contribution < 1.29 is 0 Å². The van der Waals surface area contributed by atoms with Crippen molar-refractivity contribution in [1.82, 2.24) is 9.80 Å². The van der Waals surface area contributed by atoms with E-state index >= 15 is 0 Å². The average Bonchev–Trinajstić information content (AvgIpc) is 3.17. The van der Waals surface area contributed by atoms with Gasteiger partial charge in [0.25, 0.3) is 0 Å². The average molecular weight is 323 g/mol. The molecule has 0 radical (unpaired) electrons. The van der Waals surface area contributed by atoms with Gasteiger partial charge in [0.05, 0.1) is 24.8 Å². The predicted molar refractivity (Wildman–Crippen MR) is 98.2 cm³/mol. The quantitative estimate of drug-likeness (QED) is 0.526. The molecule has 0 aromatic carbocycles. The summed E-state index contributed by atoms with van der Waals surface area (Å²) < 4.78 is 0. The summed E-state index contributed by atoms with van der Waals surface area (Å²) in [5.41, 5.74) is 11.3. The molecule has 0 fully saturated rings. The number of nitrogens with two attached hydrogens (primary N) is 2. The van der Waals surface area contributed by atoms with Crippen molar-refractivity contribution in [3.63, 3.8) is 0 Å².